The summed E-state index contributed by atoms with van der Waals surface area (Å²) in [5.74, 6) is 0. The van der Waals surface area contributed by atoms with Crippen molar-refractivity contribution in [3.63, 3.8) is 0 Å². The van der Waals surface area contributed by atoms with Gasteiger partial charge in [-0.2, -0.15) is 0 Å². The van der Waals surface area contributed by atoms with Gasteiger partial charge in [0.15, 0.2) is 0 Å². The number of hydrogen-bond acceptors (Lipinski definition) is 9. The molecule has 0 heterocycles. The normalized spacial score (nSPS) is 12.4. The molecule has 0 aromatic heterocycles. The van der Waals surface area contributed by atoms with Crippen LogP contribution in [-0.4, -0.2) is 85.9 Å². The van der Waals surface area contributed by atoms with E-state index < -0.39 is 26.4 Å². The maximum absolute atomic E-state index is 6.20. The molecule has 12 heteroatoms. The second kappa shape index (κ2) is 21.5. The Balaban J connectivity index is 1.85. The van der Waals surface area contributed by atoms with Crippen molar-refractivity contribution in [3.05, 3.63) is 91.0 Å². The van der Waals surface area contributed by atoms with E-state index in [4.69, 9.17) is 39.8 Å². The molecule has 0 atom stereocenters. The lowest BCUT2D eigenvalue weighted by atomic mass is 9.93. The van der Waals surface area contributed by atoms with Crippen LogP contribution in [-0.2, 0) is 39.8 Å². The fraction of sp³-hybridized carbons (Fsp3) is 0.429. The largest absolute Gasteiger partial charge is 0.537 e. The van der Waals surface area contributed by atoms with Gasteiger partial charge in [0, 0.05) is 75.0 Å². The predicted molar refractivity (Wildman–Crippen MR) is 224 cm³/mol. The van der Waals surface area contributed by atoms with E-state index in [1.54, 1.807) is 0 Å². The average molecular weight is 793 g/mol. The SMILES string of the molecule is CCO[Si](OCC)(OCC)c1ccc(-c2cc(-c3ccc([Si](OCC)(OCC)OCC)cc3)cc(-c3ccc([Si](OCC)(OCC)OCC)cc3)c2)cc1. The van der Waals surface area contributed by atoms with Crippen LogP contribution in [0.15, 0.2) is 91.0 Å². The second-order valence-electron chi connectivity index (χ2n) is 12.1. The lowest BCUT2D eigenvalue weighted by Crippen LogP contribution is -2.56. The van der Waals surface area contributed by atoms with E-state index in [0.29, 0.717) is 59.5 Å². The van der Waals surface area contributed by atoms with Crippen LogP contribution >= 0.6 is 0 Å². The van der Waals surface area contributed by atoms with Crippen LogP contribution in [0, 0.1) is 0 Å². The maximum atomic E-state index is 6.20. The van der Waals surface area contributed by atoms with Crippen LogP contribution in [0.1, 0.15) is 62.3 Å². The molecule has 294 valence electrons. The standard InChI is InChI=1S/C42H60O9Si3/c1-10-43-52(44-11-2,45-12-3)40-25-19-34(20-26-40)37-31-38(35-21-27-41(28-22-35)53(46-13-4,47-14-5)48-15-6)33-39(32-37)36-23-29-42(30-24-36)54(49-16-7,50-17-8)51-18-9/h19-33H,10-18H2,1-9H3. The minimum Gasteiger partial charge on any atom is -0.370 e. The average Bonchev–Trinajstić information content (AvgIpc) is 3.19. The fourth-order valence-corrected chi connectivity index (χ4v) is 14.0. The van der Waals surface area contributed by atoms with Crippen molar-refractivity contribution in [3.8, 4) is 33.4 Å². The van der Waals surface area contributed by atoms with Gasteiger partial charge in [-0.25, -0.2) is 0 Å². The zero-order chi connectivity index (χ0) is 39.0. The third kappa shape index (κ3) is 10.3. The van der Waals surface area contributed by atoms with E-state index in [0.717, 1.165) is 48.9 Å². The molecule has 0 aliphatic carbocycles. The quantitative estimate of drug-likeness (QED) is 0.0673. The smallest absolute Gasteiger partial charge is 0.370 e. The zero-order valence-corrected chi connectivity index (χ0v) is 36.7. The molecule has 9 nitrogen and oxygen atoms in total. The molecule has 0 aliphatic heterocycles. The van der Waals surface area contributed by atoms with Gasteiger partial charge in [0.1, 0.15) is 0 Å². The minimum atomic E-state index is -3.06. The van der Waals surface area contributed by atoms with E-state index in [9.17, 15) is 0 Å². The van der Waals surface area contributed by atoms with Crippen molar-refractivity contribution in [2.24, 2.45) is 0 Å². The summed E-state index contributed by atoms with van der Waals surface area (Å²) in [6, 6.07) is 31.9. The molecule has 0 radical (unpaired) electrons. The highest BCUT2D eigenvalue weighted by Gasteiger charge is 2.45. The van der Waals surface area contributed by atoms with Crippen LogP contribution in [0.5, 0.6) is 0 Å². The van der Waals surface area contributed by atoms with E-state index in [1.807, 2.05) is 62.3 Å². The molecule has 0 fully saturated rings. The van der Waals surface area contributed by atoms with Crippen LogP contribution in [0.4, 0.5) is 0 Å². The van der Waals surface area contributed by atoms with Gasteiger partial charge >= 0.3 is 26.4 Å². The Hall–Kier alpha value is -2.83. The minimum absolute atomic E-state index is 0.504. The van der Waals surface area contributed by atoms with Gasteiger partial charge in [-0.05, 0) is 114 Å². The van der Waals surface area contributed by atoms with E-state index in [-0.39, 0.29) is 0 Å². The summed E-state index contributed by atoms with van der Waals surface area (Å²) >= 11 is 0. The highest BCUT2D eigenvalue weighted by atomic mass is 28.4. The van der Waals surface area contributed by atoms with Crippen molar-refractivity contribution in [2.75, 3.05) is 59.5 Å². The van der Waals surface area contributed by atoms with Crippen molar-refractivity contribution in [1.29, 1.82) is 0 Å². The Kier molecular flexibility index (Phi) is 17.4. The molecule has 4 rings (SSSR count). The number of hydrogen-bond donors (Lipinski definition) is 0. The third-order valence-corrected chi connectivity index (χ3v) is 17.8. The monoisotopic (exact) mass is 792 g/mol. The molecule has 54 heavy (non-hydrogen) atoms. The summed E-state index contributed by atoms with van der Waals surface area (Å²) in [4.78, 5) is 0. The topological polar surface area (TPSA) is 83.1 Å². The fourth-order valence-electron chi connectivity index (χ4n) is 6.56. The summed E-state index contributed by atoms with van der Waals surface area (Å²) < 4.78 is 55.8. The lowest BCUT2D eigenvalue weighted by molar-refractivity contribution is 0.0851. The second-order valence-corrected chi connectivity index (χ2v) is 19.8. The lowest BCUT2D eigenvalue weighted by Gasteiger charge is -2.29. The summed E-state index contributed by atoms with van der Waals surface area (Å²) in [5, 5.41) is 2.82. The molecular weight excluding hydrogens is 733 g/mol. The molecule has 0 unspecified atom stereocenters. The maximum Gasteiger partial charge on any atom is 0.537 e. The molecule has 0 amide bonds. The molecule has 0 spiro atoms. The molecule has 0 saturated heterocycles. The van der Waals surface area contributed by atoms with Gasteiger partial charge in [0.2, 0.25) is 0 Å². The summed E-state index contributed by atoms with van der Waals surface area (Å²) in [7, 11) is -9.17. The van der Waals surface area contributed by atoms with Crippen LogP contribution in [0.2, 0.25) is 0 Å². The van der Waals surface area contributed by atoms with Gasteiger partial charge in [-0.3, -0.25) is 0 Å². The molecule has 0 saturated carbocycles. The Morgan fingerprint density at radius 3 is 0.574 bits per heavy atom. The molecule has 4 aromatic rings. The van der Waals surface area contributed by atoms with Gasteiger partial charge in [0.25, 0.3) is 0 Å². The van der Waals surface area contributed by atoms with Crippen LogP contribution in [0.25, 0.3) is 33.4 Å². The summed E-state index contributed by atoms with van der Waals surface area (Å²) in [5.41, 5.74) is 6.40. The van der Waals surface area contributed by atoms with Gasteiger partial charge < -0.3 is 39.8 Å². The Morgan fingerprint density at radius 2 is 0.426 bits per heavy atom. The molecule has 0 bridgehead atoms. The van der Waals surface area contributed by atoms with E-state index in [1.165, 1.54) is 0 Å². The van der Waals surface area contributed by atoms with Gasteiger partial charge in [0.05, 0.1) is 0 Å². The first-order chi connectivity index (χ1) is 26.3. The van der Waals surface area contributed by atoms with Crippen molar-refractivity contribution in [2.45, 2.75) is 62.3 Å². The number of rotatable bonds is 24. The molecule has 0 N–H and O–H groups in total. The van der Waals surface area contributed by atoms with Gasteiger partial charge in [-0.1, -0.05) is 72.8 Å². The Bertz CT molecular complexity index is 1420. The molecule has 4 aromatic carbocycles. The van der Waals surface area contributed by atoms with Crippen LogP contribution in [0.3, 0.4) is 0 Å². The van der Waals surface area contributed by atoms with Crippen molar-refractivity contribution < 1.29 is 39.8 Å². The van der Waals surface area contributed by atoms with Crippen molar-refractivity contribution in [1.82, 2.24) is 0 Å². The summed E-state index contributed by atoms with van der Waals surface area (Å²) in [6.07, 6.45) is 0. The Morgan fingerprint density at radius 1 is 0.259 bits per heavy atom. The van der Waals surface area contributed by atoms with Crippen molar-refractivity contribution >= 4 is 42.0 Å². The predicted octanol–water partition coefficient (Wildman–Crippen LogP) is 7.45. The van der Waals surface area contributed by atoms with E-state index in [2.05, 4.69) is 91.0 Å². The highest BCUT2D eigenvalue weighted by molar-refractivity contribution is 6.76. The zero-order valence-electron chi connectivity index (χ0n) is 33.7. The molecule has 0 aliphatic rings. The number of benzene rings is 4. The first-order valence-electron chi connectivity index (χ1n) is 19.5. The Labute approximate surface area is 326 Å². The van der Waals surface area contributed by atoms with Crippen LogP contribution < -0.4 is 15.6 Å². The van der Waals surface area contributed by atoms with E-state index >= 15 is 0 Å². The third-order valence-electron chi connectivity index (χ3n) is 8.66. The first kappa shape index (κ1) is 43.9. The van der Waals surface area contributed by atoms with Gasteiger partial charge in [-0.15, -0.1) is 0 Å². The molecular formula is C42H60O9Si3. The summed E-state index contributed by atoms with van der Waals surface area (Å²) in [6.45, 7) is 22.3. The highest BCUT2D eigenvalue weighted by Crippen LogP contribution is 2.33. The first-order valence-corrected chi connectivity index (χ1v) is 24.7.